The molecule has 0 atom stereocenters. The Morgan fingerprint density at radius 2 is 1.88 bits per heavy atom. The third-order valence-electron chi connectivity index (χ3n) is 3.83. The molecule has 0 aliphatic carbocycles. The van der Waals surface area contributed by atoms with Crippen LogP contribution in [0, 0.1) is 6.92 Å². The summed E-state index contributed by atoms with van der Waals surface area (Å²) in [5.41, 5.74) is 3.39. The molecule has 3 heterocycles. The lowest BCUT2D eigenvalue weighted by Gasteiger charge is -2.08. The lowest BCUT2D eigenvalue weighted by atomic mass is 10.1. The molecule has 0 bridgehead atoms. The number of nitrogens with zero attached hydrogens (tertiary/aromatic N) is 4. The lowest BCUT2D eigenvalue weighted by Crippen LogP contribution is -2.01. The lowest BCUT2D eigenvalue weighted by molar-refractivity contribution is 0.601. The first-order chi connectivity index (χ1) is 11.4. The molecule has 0 saturated heterocycles. The molecule has 0 fully saturated rings. The zero-order valence-electron chi connectivity index (χ0n) is 13.8. The second-order valence-corrected chi connectivity index (χ2v) is 7.59. The average Bonchev–Trinajstić information content (AvgIpc) is 2.95. The number of sulfone groups is 1. The average molecular weight is 342 g/mol. The molecular formula is C17H18N4O2S. The molecule has 0 amide bonds. The third-order valence-corrected chi connectivity index (χ3v) is 4.91. The van der Waals surface area contributed by atoms with Crippen LogP contribution in [0.5, 0.6) is 0 Å². The highest BCUT2D eigenvalue weighted by Crippen LogP contribution is 2.25. The van der Waals surface area contributed by atoms with Crippen LogP contribution < -0.4 is 0 Å². The van der Waals surface area contributed by atoms with Crippen LogP contribution in [0.25, 0.3) is 22.6 Å². The number of imidazole rings is 1. The van der Waals surface area contributed by atoms with E-state index >= 15 is 0 Å². The largest absolute Gasteiger partial charge is 0.327 e. The van der Waals surface area contributed by atoms with Gasteiger partial charge in [0.25, 0.3) is 0 Å². The predicted molar refractivity (Wildman–Crippen MR) is 92.2 cm³/mol. The molecular weight excluding hydrogens is 324 g/mol. The molecule has 24 heavy (non-hydrogen) atoms. The highest BCUT2D eigenvalue weighted by Gasteiger charge is 2.12. The van der Waals surface area contributed by atoms with E-state index in [2.05, 4.69) is 26.4 Å². The van der Waals surface area contributed by atoms with Crippen molar-refractivity contribution in [2.24, 2.45) is 0 Å². The van der Waals surface area contributed by atoms with Crippen LogP contribution in [0.15, 0.2) is 47.9 Å². The number of rotatable bonds is 4. The first-order valence-corrected chi connectivity index (χ1v) is 9.43. The fraction of sp³-hybridized carbons (Fsp3) is 0.235. The number of hydrogen-bond donors (Lipinski definition) is 0. The quantitative estimate of drug-likeness (QED) is 0.728. The minimum absolute atomic E-state index is 0.198. The molecule has 0 aromatic carbocycles. The van der Waals surface area contributed by atoms with Gasteiger partial charge in [0.1, 0.15) is 5.69 Å². The Kier molecular flexibility index (Phi) is 4.19. The number of aryl methyl sites for hydroxylation is 1. The summed E-state index contributed by atoms with van der Waals surface area (Å²) < 4.78 is 25.5. The highest BCUT2D eigenvalue weighted by atomic mass is 32.2. The van der Waals surface area contributed by atoms with Gasteiger partial charge in [0.2, 0.25) is 0 Å². The van der Waals surface area contributed by atoms with Gasteiger partial charge in [0, 0.05) is 48.8 Å². The molecule has 3 aromatic heterocycles. The minimum atomic E-state index is -3.30. The molecule has 0 saturated carbocycles. The molecule has 0 radical (unpaired) electrons. The first kappa shape index (κ1) is 16.3. The van der Waals surface area contributed by atoms with Gasteiger partial charge in [0.15, 0.2) is 15.7 Å². The van der Waals surface area contributed by atoms with Crippen molar-refractivity contribution < 1.29 is 8.42 Å². The van der Waals surface area contributed by atoms with E-state index in [0.29, 0.717) is 0 Å². The number of hydrogen-bond acceptors (Lipinski definition) is 5. The van der Waals surface area contributed by atoms with Gasteiger partial charge < -0.3 is 4.57 Å². The first-order valence-electron chi connectivity index (χ1n) is 7.54. The van der Waals surface area contributed by atoms with E-state index in [4.69, 9.17) is 0 Å². The van der Waals surface area contributed by atoms with Crippen LogP contribution in [0.1, 0.15) is 12.6 Å². The van der Waals surface area contributed by atoms with Crippen molar-refractivity contribution in [1.29, 1.82) is 0 Å². The minimum Gasteiger partial charge on any atom is -0.327 e. The SMILES string of the molecule is CCn1c(C)cnc1-c1cc(-c2cncc(S(C)(=O)=O)c2)ccn1. The zero-order valence-corrected chi connectivity index (χ0v) is 14.6. The van der Waals surface area contributed by atoms with Crippen LogP contribution in [0.3, 0.4) is 0 Å². The molecule has 124 valence electrons. The van der Waals surface area contributed by atoms with E-state index in [1.807, 2.05) is 25.3 Å². The third kappa shape index (κ3) is 3.07. The summed E-state index contributed by atoms with van der Waals surface area (Å²) in [6, 6.07) is 5.36. The fourth-order valence-electron chi connectivity index (χ4n) is 2.58. The van der Waals surface area contributed by atoms with Gasteiger partial charge in [-0.25, -0.2) is 13.4 Å². The molecule has 6 nitrogen and oxygen atoms in total. The molecule has 3 aromatic rings. The Bertz CT molecular complexity index is 993. The van der Waals surface area contributed by atoms with Crippen LogP contribution in [0.2, 0.25) is 0 Å². The zero-order chi connectivity index (χ0) is 17.3. The summed E-state index contributed by atoms with van der Waals surface area (Å²) >= 11 is 0. The van der Waals surface area contributed by atoms with E-state index in [1.165, 1.54) is 12.5 Å². The van der Waals surface area contributed by atoms with Crippen molar-refractivity contribution in [1.82, 2.24) is 19.5 Å². The van der Waals surface area contributed by atoms with Crippen LogP contribution in [-0.2, 0) is 16.4 Å². The summed E-state index contributed by atoms with van der Waals surface area (Å²) in [6.45, 7) is 4.86. The Morgan fingerprint density at radius 3 is 2.58 bits per heavy atom. The van der Waals surface area contributed by atoms with Crippen LogP contribution in [0.4, 0.5) is 0 Å². The predicted octanol–water partition coefficient (Wildman–Crippen LogP) is 2.74. The van der Waals surface area contributed by atoms with Gasteiger partial charge in [-0.3, -0.25) is 9.97 Å². The summed E-state index contributed by atoms with van der Waals surface area (Å²) in [4.78, 5) is 13.1. The Morgan fingerprint density at radius 1 is 1.08 bits per heavy atom. The van der Waals surface area contributed by atoms with Crippen LogP contribution in [-0.4, -0.2) is 34.2 Å². The number of pyridine rings is 2. The van der Waals surface area contributed by atoms with Gasteiger partial charge in [-0.15, -0.1) is 0 Å². The molecule has 0 unspecified atom stereocenters. The van der Waals surface area contributed by atoms with E-state index in [-0.39, 0.29) is 4.90 Å². The standard InChI is InChI=1S/C17H18N4O2S/c1-4-21-12(2)9-20-17(21)16-8-13(5-6-19-16)14-7-15(11-18-10-14)24(3,22)23/h5-11H,4H2,1-3H3. The fourth-order valence-corrected chi connectivity index (χ4v) is 3.17. The monoisotopic (exact) mass is 342 g/mol. The van der Waals surface area contributed by atoms with Crippen molar-refractivity contribution in [3.63, 3.8) is 0 Å². The summed E-state index contributed by atoms with van der Waals surface area (Å²) in [5, 5.41) is 0. The Labute approximate surface area is 141 Å². The molecule has 0 aliphatic heterocycles. The summed E-state index contributed by atoms with van der Waals surface area (Å²) in [7, 11) is -3.30. The molecule has 0 spiro atoms. The highest BCUT2D eigenvalue weighted by molar-refractivity contribution is 7.90. The Hall–Kier alpha value is -2.54. The van der Waals surface area contributed by atoms with E-state index in [0.717, 1.165) is 34.9 Å². The van der Waals surface area contributed by atoms with Gasteiger partial charge >= 0.3 is 0 Å². The molecule has 0 aliphatic rings. The van der Waals surface area contributed by atoms with Crippen molar-refractivity contribution in [3.8, 4) is 22.6 Å². The van der Waals surface area contributed by atoms with Gasteiger partial charge in [-0.1, -0.05) is 0 Å². The van der Waals surface area contributed by atoms with Crippen molar-refractivity contribution in [3.05, 3.63) is 48.7 Å². The maximum absolute atomic E-state index is 11.7. The Balaban J connectivity index is 2.09. The maximum atomic E-state index is 11.7. The summed E-state index contributed by atoms with van der Waals surface area (Å²) in [6.07, 6.45) is 7.69. The van der Waals surface area contributed by atoms with Gasteiger partial charge in [-0.05, 0) is 37.6 Å². The van der Waals surface area contributed by atoms with Crippen molar-refractivity contribution in [2.75, 3.05) is 6.26 Å². The van der Waals surface area contributed by atoms with Crippen LogP contribution >= 0.6 is 0 Å². The van der Waals surface area contributed by atoms with E-state index < -0.39 is 9.84 Å². The van der Waals surface area contributed by atoms with Crippen molar-refractivity contribution in [2.45, 2.75) is 25.3 Å². The maximum Gasteiger partial charge on any atom is 0.177 e. The van der Waals surface area contributed by atoms with Gasteiger partial charge in [0.05, 0.1) is 4.90 Å². The molecule has 3 rings (SSSR count). The topological polar surface area (TPSA) is 77.7 Å². The van der Waals surface area contributed by atoms with E-state index in [9.17, 15) is 8.42 Å². The smallest absolute Gasteiger partial charge is 0.177 e. The van der Waals surface area contributed by atoms with Gasteiger partial charge in [-0.2, -0.15) is 0 Å². The normalized spacial score (nSPS) is 11.6. The number of aromatic nitrogens is 4. The van der Waals surface area contributed by atoms with Crippen molar-refractivity contribution >= 4 is 9.84 Å². The second-order valence-electron chi connectivity index (χ2n) is 5.58. The summed E-state index contributed by atoms with van der Waals surface area (Å²) in [5.74, 6) is 0.795. The molecule has 0 N–H and O–H groups in total. The second kappa shape index (κ2) is 6.16. The molecule has 7 heteroatoms. The van der Waals surface area contributed by atoms with E-state index in [1.54, 1.807) is 18.5 Å².